The Kier molecular flexibility index (Phi) is 4.79. The number of rotatable bonds is 2. The minimum absolute atomic E-state index is 0.112. The van der Waals surface area contributed by atoms with E-state index in [1.807, 2.05) is 42.5 Å². The second-order valence-electron chi connectivity index (χ2n) is 11.0. The maximum atomic E-state index is 12.1. The molecule has 3 nitrogen and oxygen atoms in total. The van der Waals surface area contributed by atoms with E-state index in [0.29, 0.717) is 35.5 Å². The molecule has 0 bridgehead atoms. The number of thiazole rings is 1. The summed E-state index contributed by atoms with van der Waals surface area (Å²) in [4.78, 5) is 18.6. The van der Waals surface area contributed by atoms with Gasteiger partial charge in [-0.2, -0.15) is 5.26 Å². The Balaban J connectivity index is 1.32. The molecule has 2 fully saturated rings. The molecular formula is C29H30N2OS. The largest absolute Gasteiger partial charge is 0.295 e. The topological polar surface area (TPSA) is 53.8 Å². The van der Waals surface area contributed by atoms with Crippen molar-refractivity contribution in [3.05, 3.63) is 63.1 Å². The van der Waals surface area contributed by atoms with Gasteiger partial charge in [0.1, 0.15) is 11.1 Å². The van der Waals surface area contributed by atoms with Crippen LogP contribution in [0.15, 0.2) is 42.0 Å². The predicted molar refractivity (Wildman–Crippen MR) is 132 cm³/mol. The van der Waals surface area contributed by atoms with Crippen molar-refractivity contribution in [3.8, 4) is 6.07 Å². The first-order chi connectivity index (χ1) is 15.9. The average Bonchev–Trinajstić information content (AvgIpc) is 3.36. The summed E-state index contributed by atoms with van der Waals surface area (Å²) in [6.45, 7) is 4.88. The molecule has 0 N–H and O–H groups in total. The Labute approximate surface area is 200 Å². The number of benzene rings is 1. The van der Waals surface area contributed by atoms with Crippen molar-refractivity contribution in [1.82, 2.24) is 4.98 Å². The minimum Gasteiger partial charge on any atom is -0.295 e. The highest BCUT2D eigenvalue weighted by Gasteiger charge is 2.58. The summed E-state index contributed by atoms with van der Waals surface area (Å²) in [6.07, 6.45) is 11.5. The van der Waals surface area contributed by atoms with Gasteiger partial charge in [0.05, 0.1) is 11.3 Å². The van der Waals surface area contributed by atoms with Crippen molar-refractivity contribution in [1.29, 1.82) is 5.26 Å². The molecule has 0 aliphatic heterocycles. The van der Waals surface area contributed by atoms with Crippen LogP contribution in [0.5, 0.6) is 0 Å². The smallest absolute Gasteiger partial charge is 0.155 e. The normalized spacial score (nSPS) is 35.1. The van der Waals surface area contributed by atoms with Crippen molar-refractivity contribution in [3.63, 3.8) is 0 Å². The van der Waals surface area contributed by atoms with Crippen LogP contribution in [0, 0.1) is 34.5 Å². The zero-order valence-electron chi connectivity index (χ0n) is 19.4. The molecule has 0 saturated heterocycles. The van der Waals surface area contributed by atoms with Gasteiger partial charge in [0.2, 0.25) is 0 Å². The molecule has 4 aliphatic carbocycles. The third-order valence-electron chi connectivity index (χ3n) is 9.46. The van der Waals surface area contributed by atoms with E-state index in [4.69, 9.17) is 4.98 Å². The van der Waals surface area contributed by atoms with Gasteiger partial charge in [-0.25, -0.2) is 4.98 Å². The number of aromatic nitrogens is 1. The fourth-order valence-corrected chi connectivity index (χ4v) is 8.88. The highest BCUT2D eigenvalue weighted by Crippen LogP contribution is 2.65. The number of nitrogens with zero attached hydrogens (tertiary/aromatic N) is 2. The average molecular weight is 455 g/mol. The number of ketones is 1. The van der Waals surface area contributed by atoms with E-state index < -0.39 is 0 Å². The van der Waals surface area contributed by atoms with Crippen LogP contribution in [0.1, 0.15) is 73.5 Å². The standard InChI is InChI=1S/C29H30N2OS/c1-28-12-10-21(32)15-20(28)8-9-22-23(28)11-13-29(2)24(22)16-25-26(29)31-27(33-25)19(17-30)14-18-6-4-3-5-7-18/h3-7,14-15,22-24H,8-13,16H2,1-2H3/b19-14-/t22-,23+,24+,28+,29+/m1/s1. The summed E-state index contributed by atoms with van der Waals surface area (Å²) in [6, 6.07) is 12.5. The fourth-order valence-electron chi connectivity index (χ4n) is 7.66. The number of hydrogen-bond donors (Lipinski definition) is 0. The molecule has 0 radical (unpaired) electrons. The number of allylic oxidation sites excluding steroid dienone is 3. The van der Waals surface area contributed by atoms with Gasteiger partial charge in [-0.05, 0) is 79.4 Å². The SMILES string of the molecule is C[C@]12CCC(=O)C=C1CC[C@@H]1[C@@H]2CC[C@]2(C)c3nc(/C(C#N)=C\c4ccccc4)sc3C[C@@H]12. The molecule has 5 atom stereocenters. The summed E-state index contributed by atoms with van der Waals surface area (Å²) in [7, 11) is 0. The van der Waals surface area contributed by atoms with E-state index in [1.54, 1.807) is 11.3 Å². The number of nitriles is 1. The second kappa shape index (κ2) is 7.50. The third kappa shape index (κ3) is 3.12. The molecule has 2 aromatic rings. The van der Waals surface area contributed by atoms with E-state index in [1.165, 1.54) is 29.0 Å². The number of carbonyl (C=O) groups excluding carboxylic acids is 1. The van der Waals surface area contributed by atoms with Crippen LogP contribution in [0.2, 0.25) is 0 Å². The van der Waals surface area contributed by atoms with Crippen LogP contribution in [-0.4, -0.2) is 10.8 Å². The molecule has 0 unspecified atom stereocenters. The first-order valence-corrected chi connectivity index (χ1v) is 13.2. The molecule has 4 aliphatic rings. The zero-order chi connectivity index (χ0) is 22.8. The van der Waals surface area contributed by atoms with E-state index in [0.717, 1.165) is 36.3 Å². The summed E-state index contributed by atoms with van der Waals surface area (Å²) in [5.74, 6) is 2.36. The van der Waals surface area contributed by atoms with E-state index in [2.05, 4.69) is 19.9 Å². The van der Waals surface area contributed by atoms with Gasteiger partial charge >= 0.3 is 0 Å². The first kappa shape index (κ1) is 21.1. The molecule has 1 aromatic heterocycles. The van der Waals surface area contributed by atoms with Crippen molar-refractivity contribution in [2.45, 2.75) is 64.2 Å². The van der Waals surface area contributed by atoms with E-state index in [9.17, 15) is 10.1 Å². The lowest BCUT2D eigenvalue weighted by molar-refractivity contribution is -0.117. The van der Waals surface area contributed by atoms with Crippen LogP contribution >= 0.6 is 11.3 Å². The lowest BCUT2D eigenvalue weighted by atomic mass is 9.47. The van der Waals surface area contributed by atoms with Crippen molar-refractivity contribution in [2.75, 3.05) is 0 Å². The van der Waals surface area contributed by atoms with Crippen LogP contribution < -0.4 is 0 Å². The molecule has 6 rings (SSSR count). The minimum atomic E-state index is 0.112. The lowest BCUT2D eigenvalue weighted by Crippen LogP contribution is -2.51. The second-order valence-corrected chi connectivity index (χ2v) is 12.1. The molecule has 33 heavy (non-hydrogen) atoms. The Morgan fingerprint density at radius 2 is 1.94 bits per heavy atom. The van der Waals surface area contributed by atoms with E-state index in [-0.39, 0.29) is 10.8 Å². The molecule has 4 heteroatoms. The number of fused-ring (bicyclic) bond motifs is 7. The van der Waals surface area contributed by atoms with Crippen molar-refractivity contribution < 1.29 is 4.79 Å². The van der Waals surface area contributed by atoms with Gasteiger partial charge in [0, 0.05) is 16.7 Å². The highest BCUT2D eigenvalue weighted by molar-refractivity contribution is 7.13. The van der Waals surface area contributed by atoms with Crippen LogP contribution in [0.4, 0.5) is 0 Å². The molecule has 168 valence electrons. The summed E-state index contributed by atoms with van der Waals surface area (Å²) in [5.41, 5.74) is 4.73. The molecule has 0 amide bonds. The maximum Gasteiger partial charge on any atom is 0.155 e. The van der Waals surface area contributed by atoms with Crippen LogP contribution in [0.25, 0.3) is 11.6 Å². The fraction of sp³-hybridized carbons (Fsp3) is 0.483. The Bertz CT molecular complexity index is 1230. The number of hydrogen-bond acceptors (Lipinski definition) is 4. The zero-order valence-corrected chi connectivity index (χ0v) is 20.3. The Morgan fingerprint density at radius 3 is 2.73 bits per heavy atom. The molecule has 1 heterocycles. The van der Waals surface area contributed by atoms with Gasteiger partial charge in [0.25, 0.3) is 0 Å². The predicted octanol–water partition coefficient (Wildman–Crippen LogP) is 6.75. The first-order valence-electron chi connectivity index (χ1n) is 12.3. The Hall–Kier alpha value is -2.51. The van der Waals surface area contributed by atoms with Crippen LogP contribution in [0.3, 0.4) is 0 Å². The van der Waals surface area contributed by atoms with Crippen LogP contribution in [-0.2, 0) is 16.6 Å². The lowest BCUT2D eigenvalue weighted by Gasteiger charge is -2.57. The summed E-state index contributed by atoms with van der Waals surface area (Å²) >= 11 is 1.74. The van der Waals surface area contributed by atoms with Gasteiger partial charge in [-0.15, -0.1) is 11.3 Å². The quantitative estimate of drug-likeness (QED) is 0.472. The third-order valence-corrected chi connectivity index (χ3v) is 10.6. The molecule has 1 aromatic carbocycles. The Morgan fingerprint density at radius 1 is 1.12 bits per heavy atom. The molecule has 2 saturated carbocycles. The highest BCUT2D eigenvalue weighted by atomic mass is 32.1. The summed E-state index contributed by atoms with van der Waals surface area (Å²) in [5, 5.41) is 10.7. The van der Waals surface area contributed by atoms with Crippen molar-refractivity contribution in [2.24, 2.45) is 23.2 Å². The van der Waals surface area contributed by atoms with Gasteiger partial charge in [-0.3, -0.25) is 4.79 Å². The maximum absolute atomic E-state index is 12.1. The van der Waals surface area contributed by atoms with Crippen molar-refractivity contribution >= 4 is 28.8 Å². The monoisotopic (exact) mass is 454 g/mol. The van der Waals surface area contributed by atoms with Gasteiger partial charge in [-0.1, -0.05) is 49.8 Å². The van der Waals surface area contributed by atoms with E-state index >= 15 is 0 Å². The summed E-state index contributed by atoms with van der Waals surface area (Å²) < 4.78 is 0. The van der Waals surface area contributed by atoms with Gasteiger partial charge < -0.3 is 0 Å². The molecule has 0 spiro atoms. The molecular weight excluding hydrogens is 424 g/mol. The number of carbonyl (C=O) groups is 1. The van der Waals surface area contributed by atoms with Gasteiger partial charge in [0.15, 0.2) is 5.78 Å².